The van der Waals surface area contributed by atoms with E-state index in [1.165, 1.54) is 0 Å². The second kappa shape index (κ2) is 9.14. The van der Waals surface area contributed by atoms with Gasteiger partial charge in [0.15, 0.2) is 0 Å². The minimum Gasteiger partial charge on any atom is -0.199 e. The second-order valence-electron chi connectivity index (χ2n) is 8.02. The van der Waals surface area contributed by atoms with Crippen molar-refractivity contribution in [2.24, 2.45) is 5.92 Å². The highest BCUT2D eigenvalue weighted by atomic mass is 19.4. The van der Waals surface area contributed by atoms with E-state index >= 15 is 0 Å². The highest BCUT2D eigenvalue weighted by Crippen LogP contribution is 2.64. The van der Waals surface area contributed by atoms with Crippen LogP contribution in [0.2, 0.25) is 0 Å². The Kier molecular flexibility index (Phi) is 8.24. The van der Waals surface area contributed by atoms with Crippen LogP contribution >= 0.6 is 0 Å². The highest BCUT2D eigenvalue weighted by molar-refractivity contribution is 5.19. The molecule has 0 saturated heterocycles. The van der Waals surface area contributed by atoms with Gasteiger partial charge in [-0.2, -0.15) is 74.6 Å². The first-order valence-electron chi connectivity index (χ1n) is 9.67. The molecule has 0 nitrogen and oxygen atoms in total. The van der Waals surface area contributed by atoms with Crippen LogP contribution in [0.15, 0.2) is 11.6 Å². The molecule has 1 unspecified atom stereocenters. The van der Waals surface area contributed by atoms with Crippen LogP contribution in [0.5, 0.6) is 0 Å². The molecule has 1 aliphatic rings. The minimum absolute atomic E-state index is 0.0429. The van der Waals surface area contributed by atoms with E-state index in [0.717, 1.165) is 6.08 Å². The molecule has 35 heavy (non-hydrogen) atoms. The van der Waals surface area contributed by atoms with Crippen LogP contribution in [0.4, 0.5) is 74.6 Å². The fourth-order valence-corrected chi connectivity index (χ4v) is 3.29. The van der Waals surface area contributed by atoms with Crippen LogP contribution in [-0.4, -0.2) is 47.6 Å². The molecule has 0 aromatic carbocycles. The van der Waals surface area contributed by atoms with Gasteiger partial charge in [-0.05, 0) is 25.7 Å². The minimum atomic E-state index is -8.59. The number of alkyl halides is 17. The quantitative estimate of drug-likeness (QED) is 0.207. The fraction of sp³-hybridized carbons (Fsp3) is 0.889. The Hall–Kier alpha value is -1.45. The molecule has 17 heteroatoms. The van der Waals surface area contributed by atoms with Crippen molar-refractivity contribution in [2.45, 2.75) is 93.1 Å². The van der Waals surface area contributed by atoms with E-state index < -0.39 is 65.5 Å². The first-order valence-corrected chi connectivity index (χ1v) is 9.67. The van der Waals surface area contributed by atoms with Gasteiger partial charge >= 0.3 is 47.6 Å². The van der Waals surface area contributed by atoms with Crippen LogP contribution in [0.25, 0.3) is 0 Å². The first kappa shape index (κ1) is 31.6. The molecule has 0 aromatic rings. The zero-order valence-electron chi connectivity index (χ0n) is 17.3. The Morgan fingerprint density at radius 1 is 0.514 bits per heavy atom. The number of halogens is 17. The Balaban J connectivity index is 3.59. The lowest BCUT2D eigenvalue weighted by Gasteiger charge is -2.44. The lowest BCUT2D eigenvalue weighted by molar-refractivity contribution is -0.463. The summed E-state index contributed by atoms with van der Waals surface area (Å²) in [7, 11) is 0. The molecule has 0 aromatic heterocycles. The third-order valence-electron chi connectivity index (χ3n) is 5.67. The lowest BCUT2D eigenvalue weighted by Crippen LogP contribution is -2.74. The zero-order valence-corrected chi connectivity index (χ0v) is 17.3. The Labute approximate surface area is 186 Å². The molecule has 208 valence electrons. The number of hydrogen-bond acceptors (Lipinski definition) is 0. The van der Waals surface area contributed by atoms with Crippen LogP contribution in [0.1, 0.15) is 45.4 Å². The summed E-state index contributed by atoms with van der Waals surface area (Å²) in [5.41, 5.74) is -0.686. The van der Waals surface area contributed by atoms with Crippen LogP contribution in [-0.2, 0) is 0 Å². The summed E-state index contributed by atoms with van der Waals surface area (Å²) >= 11 is 0. The van der Waals surface area contributed by atoms with Gasteiger partial charge in [0, 0.05) is 5.92 Å². The van der Waals surface area contributed by atoms with Gasteiger partial charge in [-0.3, -0.25) is 0 Å². The Bertz CT molecular complexity index is 774. The fourth-order valence-electron chi connectivity index (χ4n) is 3.29. The standard InChI is InChI=1S/C18H17F17/c1-9(10-7-5-3-2-4-6-8-10)11(19,20)12(21,22)13(23,24)14(25,26)15(27,28)16(29,30)17(31,32)18(33,34)35/h7,9H,2-6,8H2,1H3. The third kappa shape index (κ3) is 4.57. The molecule has 0 heterocycles. The molecule has 0 saturated carbocycles. The van der Waals surface area contributed by atoms with E-state index in [4.69, 9.17) is 0 Å². The maximum Gasteiger partial charge on any atom is 0.460 e. The van der Waals surface area contributed by atoms with Crippen molar-refractivity contribution in [2.75, 3.05) is 0 Å². The van der Waals surface area contributed by atoms with Crippen LogP contribution in [0.3, 0.4) is 0 Å². The Morgan fingerprint density at radius 2 is 0.886 bits per heavy atom. The molecule has 0 radical (unpaired) electrons. The normalized spacial score (nSPS) is 19.7. The topological polar surface area (TPSA) is 0 Å². The van der Waals surface area contributed by atoms with Crippen molar-refractivity contribution in [3.8, 4) is 0 Å². The van der Waals surface area contributed by atoms with Crippen molar-refractivity contribution >= 4 is 0 Å². The summed E-state index contributed by atoms with van der Waals surface area (Å²) in [4.78, 5) is 0. The molecule has 0 spiro atoms. The van der Waals surface area contributed by atoms with Gasteiger partial charge in [-0.15, -0.1) is 0 Å². The van der Waals surface area contributed by atoms with Gasteiger partial charge in [0.2, 0.25) is 0 Å². The molecule has 1 rings (SSSR count). The molecule has 1 atom stereocenters. The number of allylic oxidation sites excluding steroid dienone is 2. The Morgan fingerprint density at radius 3 is 1.31 bits per heavy atom. The second-order valence-corrected chi connectivity index (χ2v) is 8.02. The largest absolute Gasteiger partial charge is 0.460 e. The molecular formula is C18H17F17. The number of hydrogen-bond donors (Lipinski definition) is 0. The summed E-state index contributed by atoms with van der Waals surface area (Å²) < 4.78 is 228. The summed E-state index contributed by atoms with van der Waals surface area (Å²) in [6, 6.07) is 0. The van der Waals surface area contributed by atoms with Crippen molar-refractivity contribution in [3.63, 3.8) is 0 Å². The van der Waals surface area contributed by atoms with Crippen molar-refractivity contribution < 1.29 is 74.6 Å². The van der Waals surface area contributed by atoms with Crippen molar-refractivity contribution in [3.05, 3.63) is 11.6 Å². The molecule has 0 amide bonds. The summed E-state index contributed by atoms with van der Waals surface area (Å²) in [6.07, 6.45) is -6.09. The van der Waals surface area contributed by atoms with E-state index in [-0.39, 0.29) is 19.8 Å². The summed E-state index contributed by atoms with van der Waals surface area (Å²) in [5.74, 6) is -59.0. The van der Waals surface area contributed by atoms with Gasteiger partial charge in [-0.25, -0.2) is 0 Å². The first-order chi connectivity index (χ1) is 15.3. The van der Waals surface area contributed by atoms with Gasteiger partial charge in [-0.1, -0.05) is 31.4 Å². The maximum atomic E-state index is 14.4. The van der Waals surface area contributed by atoms with E-state index in [2.05, 4.69) is 0 Å². The molecule has 0 fully saturated rings. The summed E-state index contributed by atoms with van der Waals surface area (Å²) in [5, 5.41) is 0. The number of rotatable bonds is 8. The van der Waals surface area contributed by atoms with E-state index in [0.29, 0.717) is 19.3 Å². The third-order valence-corrected chi connectivity index (χ3v) is 5.67. The highest BCUT2D eigenvalue weighted by Gasteiger charge is 2.95. The molecule has 0 bridgehead atoms. The van der Waals surface area contributed by atoms with Crippen LogP contribution < -0.4 is 0 Å². The molecule has 0 aliphatic heterocycles. The van der Waals surface area contributed by atoms with Gasteiger partial charge in [0.25, 0.3) is 0 Å². The monoisotopic (exact) mass is 556 g/mol. The lowest BCUT2D eigenvalue weighted by atomic mass is 9.81. The average Bonchev–Trinajstić information content (AvgIpc) is 2.65. The van der Waals surface area contributed by atoms with Gasteiger partial charge in [0.05, 0.1) is 0 Å². The predicted molar refractivity (Wildman–Crippen MR) is 85.6 cm³/mol. The zero-order chi connectivity index (χ0) is 28.1. The van der Waals surface area contributed by atoms with Crippen molar-refractivity contribution in [1.29, 1.82) is 0 Å². The van der Waals surface area contributed by atoms with E-state index in [1.807, 2.05) is 0 Å². The maximum absolute atomic E-state index is 14.4. The van der Waals surface area contributed by atoms with E-state index in [9.17, 15) is 74.6 Å². The average molecular weight is 556 g/mol. The molecule has 1 aliphatic carbocycles. The summed E-state index contributed by atoms with van der Waals surface area (Å²) in [6.45, 7) is 0.125. The van der Waals surface area contributed by atoms with E-state index in [1.54, 1.807) is 0 Å². The SMILES string of the molecule is CC(C1=CCCCCCC1)C(F)(F)C(F)(F)C(F)(F)C(F)(F)C(F)(F)C(F)(F)C(F)(F)C(F)(F)F. The predicted octanol–water partition coefficient (Wildman–Crippen LogP) is 8.91. The van der Waals surface area contributed by atoms with Gasteiger partial charge in [0.1, 0.15) is 0 Å². The smallest absolute Gasteiger partial charge is 0.199 e. The molecular weight excluding hydrogens is 539 g/mol. The van der Waals surface area contributed by atoms with Gasteiger partial charge < -0.3 is 0 Å². The molecule has 0 N–H and O–H groups in total. The van der Waals surface area contributed by atoms with Crippen molar-refractivity contribution in [1.82, 2.24) is 0 Å². The van der Waals surface area contributed by atoms with Crippen LogP contribution in [0, 0.1) is 5.92 Å².